The lowest BCUT2D eigenvalue weighted by Crippen LogP contribution is -2.08. The van der Waals surface area contributed by atoms with Gasteiger partial charge < -0.3 is 9.47 Å². The largest absolute Gasteiger partial charge is 0.449 e. The van der Waals surface area contributed by atoms with E-state index in [9.17, 15) is 9.18 Å². The second kappa shape index (κ2) is 1.81. The molecule has 0 bridgehead atoms. The summed E-state index contributed by atoms with van der Waals surface area (Å²) in [7, 11) is 0. The van der Waals surface area contributed by atoms with Crippen molar-refractivity contribution in [2.75, 3.05) is 0 Å². The van der Waals surface area contributed by atoms with Gasteiger partial charge in [0.05, 0.1) is 0 Å². The van der Waals surface area contributed by atoms with Gasteiger partial charge in [-0.25, -0.2) is 0 Å². The Morgan fingerprint density at radius 3 is 2.88 bits per heavy atom. The molecule has 1 aliphatic heterocycles. The summed E-state index contributed by atoms with van der Waals surface area (Å²) in [6, 6.07) is -0.859. The summed E-state index contributed by atoms with van der Waals surface area (Å²) in [6.45, 7) is 0. The van der Waals surface area contributed by atoms with Crippen molar-refractivity contribution in [1.29, 1.82) is 0 Å². The van der Waals surface area contributed by atoms with Crippen LogP contribution in [0.1, 0.15) is 0 Å². The molecule has 0 saturated heterocycles. The molecule has 44 valence electrons. The van der Waals surface area contributed by atoms with Crippen molar-refractivity contribution in [1.82, 2.24) is 0 Å². The predicted molar refractivity (Wildman–Crippen MR) is 21.2 cm³/mol. The average Bonchev–Trinajstić information content (AvgIpc) is 2.14. The normalized spacial score (nSPS) is 25.6. The third-order valence-electron chi connectivity index (χ3n) is 0.635. The molecular weight excluding hydrogens is 115 g/mol. The standard InChI is InChI=1S/C4H3FO3/c5-3-2-7-4(1-6)8-3/h1-2,4H. The van der Waals surface area contributed by atoms with Crippen LogP contribution in [0.5, 0.6) is 0 Å². The van der Waals surface area contributed by atoms with Crippen LogP contribution in [0.4, 0.5) is 4.39 Å². The van der Waals surface area contributed by atoms with E-state index in [2.05, 4.69) is 9.47 Å². The first kappa shape index (κ1) is 5.08. The van der Waals surface area contributed by atoms with Gasteiger partial charge in [-0.05, 0) is 0 Å². The summed E-state index contributed by atoms with van der Waals surface area (Å²) in [4.78, 5) is 9.70. The average molecular weight is 118 g/mol. The molecule has 0 amide bonds. The van der Waals surface area contributed by atoms with E-state index < -0.39 is 12.3 Å². The van der Waals surface area contributed by atoms with Gasteiger partial charge in [0.15, 0.2) is 6.26 Å². The number of carbonyl (C=O) groups excluding carboxylic acids is 1. The Morgan fingerprint density at radius 2 is 2.62 bits per heavy atom. The van der Waals surface area contributed by atoms with E-state index >= 15 is 0 Å². The first-order chi connectivity index (χ1) is 3.83. The molecule has 0 N–H and O–H groups in total. The van der Waals surface area contributed by atoms with Crippen LogP contribution < -0.4 is 0 Å². The van der Waals surface area contributed by atoms with E-state index in [1.54, 1.807) is 0 Å². The molecule has 3 nitrogen and oxygen atoms in total. The van der Waals surface area contributed by atoms with Crippen LogP contribution in [0.2, 0.25) is 0 Å². The Balaban J connectivity index is 2.43. The molecule has 8 heavy (non-hydrogen) atoms. The number of carbonyl (C=O) groups is 1. The summed E-state index contributed by atoms with van der Waals surface area (Å²) in [5.74, 6) is 0. The smallest absolute Gasteiger partial charge is 0.311 e. The number of aldehydes is 1. The van der Waals surface area contributed by atoms with Gasteiger partial charge in [0.25, 0.3) is 6.29 Å². The number of rotatable bonds is 1. The SMILES string of the molecule is O=CC1OC=C(F)O1. The summed E-state index contributed by atoms with van der Waals surface area (Å²) in [5, 5.41) is 0. The maximum Gasteiger partial charge on any atom is 0.311 e. The van der Waals surface area contributed by atoms with Gasteiger partial charge in [0.1, 0.15) is 0 Å². The Bertz CT molecular complexity index is 131. The molecule has 0 aromatic rings. The first-order valence-electron chi connectivity index (χ1n) is 1.96. The zero-order chi connectivity index (χ0) is 5.98. The second-order valence-electron chi connectivity index (χ2n) is 1.18. The maximum absolute atomic E-state index is 11.7. The predicted octanol–water partition coefficient (Wildman–Crippen LogP) is 0.327. The van der Waals surface area contributed by atoms with Crippen molar-refractivity contribution >= 4 is 6.29 Å². The highest BCUT2D eigenvalue weighted by Crippen LogP contribution is 2.12. The van der Waals surface area contributed by atoms with Gasteiger partial charge in [-0.1, -0.05) is 0 Å². The molecule has 1 unspecified atom stereocenters. The monoisotopic (exact) mass is 118 g/mol. The Hall–Kier alpha value is -1.06. The molecule has 1 heterocycles. The second-order valence-corrected chi connectivity index (χ2v) is 1.18. The summed E-state index contributed by atoms with van der Waals surface area (Å²) in [5.41, 5.74) is 0. The van der Waals surface area contributed by atoms with Gasteiger partial charge in [-0.2, -0.15) is 4.39 Å². The highest BCUT2D eigenvalue weighted by atomic mass is 19.1. The van der Waals surface area contributed by atoms with Crippen molar-refractivity contribution in [3.8, 4) is 0 Å². The van der Waals surface area contributed by atoms with E-state index in [0.717, 1.165) is 6.26 Å². The van der Waals surface area contributed by atoms with Crippen molar-refractivity contribution in [2.45, 2.75) is 6.29 Å². The summed E-state index contributed by atoms with van der Waals surface area (Å²) >= 11 is 0. The molecule has 0 aromatic carbocycles. The quantitative estimate of drug-likeness (QED) is 0.465. The number of hydrogen-bond acceptors (Lipinski definition) is 3. The minimum absolute atomic E-state index is 0.364. The van der Waals surface area contributed by atoms with Crippen LogP contribution in [-0.4, -0.2) is 12.6 Å². The number of halogens is 1. The minimum Gasteiger partial charge on any atom is -0.449 e. The van der Waals surface area contributed by atoms with Crippen LogP contribution in [0.25, 0.3) is 0 Å². The first-order valence-corrected chi connectivity index (χ1v) is 1.96. The topological polar surface area (TPSA) is 35.5 Å². The van der Waals surface area contributed by atoms with Crippen LogP contribution in [0.15, 0.2) is 12.3 Å². The van der Waals surface area contributed by atoms with Gasteiger partial charge in [0, 0.05) is 0 Å². The lowest BCUT2D eigenvalue weighted by Gasteiger charge is -1.97. The Kier molecular flexibility index (Phi) is 1.15. The van der Waals surface area contributed by atoms with Gasteiger partial charge >= 0.3 is 6.01 Å². The molecule has 1 aliphatic rings. The van der Waals surface area contributed by atoms with Crippen LogP contribution in [0.3, 0.4) is 0 Å². The minimum atomic E-state index is -1.07. The van der Waals surface area contributed by atoms with Crippen molar-refractivity contribution < 1.29 is 18.7 Å². The lowest BCUT2D eigenvalue weighted by atomic mass is 10.7. The molecule has 4 heteroatoms. The molecule has 1 rings (SSSR count). The number of hydrogen-bond donors (Lipinski definition) is 0. The third-order valence-corrected chi connectivity index (χ3v) is 0.635. The van der Waals surface area contributed by atoms with Crippen LogP contribution in [0, 0.1) is 0 Å². The van der Waals surface area contributed by atoms with E-state index in [-0.39, 0.29) is 0 Å². The van der Waals surface area contributed by atoms with E-state index in [1.807, 2.05) is 0 Å². The van der Waals surface area contributed by atoms with E-state index in [4.69, 9.17) is 0 Å². The molecular formula is C4H3FO3. The van der Waals surface area contributed by atoms with Gasteiger partial charge in [0.2, 0.25) is 6.29 Å². The van der Waals surface area contributed by atoms with Gasteiger partial charge in [-0.15, -0.1) is 0 Å². The molecule has 0 radical (unpaired) electrons. The molecule has 0 saturated carbocycles. The fourth-order valence-electron chi connectivity index (χ4n) is 0.347. The fraction of sp³-hybridized carbons (Fsp3) is 0.250. The zero-order valence-electron chi connectivity index (χ0n) is 3.83. The molecule has 0 spiro atoms. The van der Waals surface area contributed by atoms with Crippen molar-refractivity contribution in [3.63, 3.8) is 0 Å². The number of ether oxygens (including phenoxy) is 2. The van der Waals surface area contributed by atoms with Crippen molar-refractivity contribution in [3.05, 3.63) is 12.3 Å². The van der Waals surface area contributed by atoms with Crippen LogP contribution >= 0.6 is 0 Å². The lowest BCUT2D eigenvalue weighted by molar-refractivity contribution is -0.130. The molecule has 0 fully saturated rings. The fourth-order valence-corrected chi connectivity index (χ4v) is 0.347. The maximum atomic E-state index is 11.7. The molecule has 1 atom stereocenters. The highest BCUT2D eigenvalue weighted by molar-refractivity contribution is 5.54. The van der Waals surface area contributed by atoms with E-state index in [0.29, 0.717) is 6.29 Å². The van der Waals surface area contributed by atoms with Crippen LogP contribution in [-0.2, 0) is 14.3 Å². The highest BCUT2D eigenvalue weighted by Gasteiger charge is 2.16. The van der Waals surface area contributed by atoms with Crippen molar-refractivity contribution in [2.24, 2.45) is 0 Å². The summed E-state index contributed by atoms with van der Waals surface area (Å²) in [6.07, 6.45) is 0.0392. The molecule has 0 aliphatic carbocycles. The Labute approximate surface area is 44.7 Å². The van der Waals surface area contributed by atoms with E-state index in [1.165, 1.54) is 0 Å². The zero-order valence-corrected chi connectivity index (χ0v) is 3.83. The molecule has 0 aromatic heterocycles. The Morgan fingerprint density at radius 1 is 1.88 bits per heavy atom. The third kappa shape index (κ3) is 0.776. The summed E-state index contributed by atoms with van der Waals surface area (Å²) < 4.78 is 20.1. The van der Waals surface area contributed by atoms with Gasteiger partial charge in [-0.3, -0.25) is 4.79 Å².